The van der Waals surface area contributed by atoms with Crippen molar-refractivity contribution in [3.05, 3.63) is 54.2 Å². The van der Waals surface area contributed by atoms with E-state index in [2.05, 4.69) is 9.71 Å². The quantitative estimate of drug-likeness (QED) is 0.885. The molecule has 1 unspecified atom stereocenters. The van der Waals surface area contributed by atoms with Gasteiger partial charge in [0, 0.05) is 12.2 Å². The first-order valence-corrected chi connectivity index (χ1v) is 8.34. The molecule has 0 bridgehead atoms. The van der Waals surface area contributed by atoms with Gasteiger partial charge in [0.1, 0.15) is 10.7 Å². The molecular weight excluding hydrogens is 286 g/mol. The molecule has 3 rings (SSSR count). The first kappa shape index (κ1) is 14.0. The fourth-order valence-electron chi connectivity index (χ4n) is 2.39. The standard InChI is InChI=1S/C15H17N3O2S/c16-15-13(7-4-10-17-15)21(19,20)18-14(12-8-9-12)11-5-2-1-3-6-11/h1-7,10,12,14,18H,8-9H2,(H2,16,17). The van der Waals surface area contributed by atoms with Crippen molar-refractivity contribution in [1.82, 2.24) is 9.71 Å². The molecule has 1 aliphatic rings. The van der Waals surface area contributed by atoms with Gasteiger partial charge in [-0.25, -0.2) is 18.1 Å². The minimum atomic E-state index is -3.68. The van der Waals surface area contributed by atoms with Crippen molar-refractivity contribution in [2.45, 2.75) is 23.8 Å². The maximum Gasteiger partial charge on any atom is 0.244 e. The molecule has 1 heterocycles. The second-order valence-electron chi connectivity index (χ2n) is 5.23. The number of sulfonamides is 1. The van der Waals surface area contributed by atoms with Crippen molar-refractivity contribution in [1.29, 1.82) is 0 Å². The maximum atomic E-state index is 12.5. The van der Waals surface area contributed by atoms with Crippen LogP contribution in [0, 0.1) is 5.92 Å². The van der Waals surface area contributed by atoms with E-state index in [9.17, 15) is 8.42 Å². The van der Waals surface area contributed by atoms with E-state index in [-0.39, 0.29) is 16.8 Å². The van der Waals surface area contributed by atoms with Crippen LogP contribution in [0.2, 0.25) is 0 Å². The van der Waals surface area contributed by atoms with E-state index in [0.717, 1.165) is 18.4 Å². The number of aromatic nitrogens is 1. The average molecular weight is 303 g/mol. The van der Waals surface area contributed by atoms with Crippen LogP contribution in [0.4, 0.5) is 5.82 Å². The van der Waals surface area contributed by atoms with Crippen LogP contribution >= 0.6 is 0 Å². The highest BCUT2D eigenvalue weighted by Crippen LogP contribution is 2.41. The Morgan fingerprint density at radius 3 is 2.48 bits per heavy atom. The Hall–Kier alpha value is -1.92. The van der Waals surface area contributed by atoms with Crippen LogP contribution in [0.15, 0.2) is 53.6 Å². The lowest BCUT2D eigenvalue weighted by molar-refractivity contribution is 0.529. The van der Waals surface area contributed by atoms with Crippen LogP contribution in [0.3, 0.4) is 0 Å². The number of pyridine rings is 1. The van der Waals surface area contributed by atoms with Crippen LogP contribution in [-0.2, 0) is 10.0 Å². The molecule has 21 heavy (non-hydrogen) atoms. The molecule has 0 radical (unpaired) electrons. The Bertz CT molecular complexity index is 728. The van der Waals surface area contributed by atoms with Crippen LogP contribution in [0.25, 0.3) is 0 Å². The predicted octanol–water partition coefficient (Wildman–Crippen LogP) is 2.09. The summed E-state index contributed by atoms with van der Waals surface area (Å²) in [6, 6.07) is 12.5. The Morgan fingerprint density at radius 1 is 1.14 bits per heavy atom. The predicted molar refractivity (Wildman–Crippen MR) is 80.9 cm³/mol. The molecule has 0 spiro atoms. The lowest BCUT2D eigenvalue weighted by Gasteiger charge is -2.19. The van der Waals surface area contributed by atoms with Crippen molar-refractivity contribution in [3.8, 4) is 0 Å². The fourth-order valence-corrected chi connectivity index (χ4v) is 3.76. The minimum Gasteiger partial charge on any atom is -0.383 e. The molecule has 1 aliphatic carbocycles. The molecule has 3 N–H and O–H groups in total. The number of hydrogen-bond acceptors (Lipinski definition) is 4. The van der Waals surface area contributed by atoms with Crippen LogP contribution in [-0.4, -0.2) is 13.4 Å². The summed E-state index contributed by atoms with van der Waals surface area (Å²) in [4.78, 5) is 3.88. The van der Waals surface area contributed by atoms with Crippen molar-refractivity contribution in [2.75, 3.05) is 5.73 Å². The molecular formula is C15H17N3O2S. The van der Waals surface area contributed by atoms with Crippen LogP contribution < -0.4 is 10.5 Å². The van der Waals surface area contributed by atoms with E-state index < -0.39 is 10.0 Å². The van der Waals surface area contributed by atoms with Crippen molar-refractivity contribution in [3.63, 3.8) is 0 Å². The Kier molecular flexibility index (Phi) is 3.65. The summed E-state index contributed by atoms with van der Waals surface area (Å²) in [6.45, 7) is 0. The van der Waals surface area contributed by atoms with E-state index >= 15 is 0 Å². The zero-order chi connectivity index (χ0) is 14.9. The van der Waals surface area contributed by atoms with Gasteiger partial charge in [-0.15, -0.1) is 0 Å². The van der Waals surface area contributed by atoms with Crippen molar-refractivity contribution >= 4 is 15.8 Å². The zero-order valence-electron chi connectivity index (χ0n) is 11.4. The monoisotopic (exact) mass is 303 g/mol. The first-order valence-electron chi connectivity index (χ1n) is 6.86. The Labute approximate surface area is 124 Å². The molecule has 5 nitrogen and oxygen atoms in total. The third-order valence-electron chi connectivity index (χ3n) is 3.62. The minimum absolute atomic E-state index is 0.0209. The maximum absolute atomic E-state index is 12.5. The van der Waals surface area contributed by atoms with Crippen LogP contribution in [0.1, 0.15) is 24.4 Å². The van der Waals surface area contributed by atoms with Gasteiger partial charge in [0.05, 0.1) is 0 Å². The third-order valence-corrected chi connectivity index (χ3v) is 5.11. The number of nitrogens with zero attached hydrogens (tertiary/aromatic N) is 1. The number of nitrogens with two attached hydrogens (primary N) is 1. The first-order chi connectivity index (χ1) is 10.1. The number of nitrogen functional groups attached to an aromatic ring is 1. The molecule has 1 saturated carbocycles. The molecule has 1 aromatic carbocycles. The molecule has 0 aliphatic heterocycles. The molecule has 1 atom stereocenters. The highest BCUT2D eigenvalue weighted by Gasteiger charge is 2.35. The van der Waals surface area contributed by atoms with Gasteiger partial charge in [0.15, 0.2) is 0 Å². The lowest BCUT2D eigenvalue weighted by atomic mass is 10.0. The lowest BCUT2D eigenvalue weighted by Crippen LogP contribution is -2.30. The van der Waals surface area contributed by atoms with Gasteiger partial charge in [-0.3, -0.25) is 0 Å². The second-order valence-corrected chi connectivity index (χ2v) is 6.92. The van der Waals surface area contributed by atoms with Gasteiger partial charge in [-0.2, -0.15) is 0 Å². The summed E-state index contributed by atoms with van der Waals surface area (Å²) < 4.78 is 27.9. The summed E-state index contributed by atoms with van der Waals surface area (Å²) in [5, 5.41) is 0. The summed E-state index contributed by atoms with van der Waals surface area (Å²) in [5.74, 6) is 0.368. The third kappa shape index (κ3) is 3.06. The normalized spacial score (nSPS) is 16.6. The van der Waals surface area contributed by atoms with E-state index in [1.54, 1.807) is 6.07 Å². The van der Waals surface area contributed by atoms with Crippen molar-refractivity contribution < 1.29 is 8.42 Å². The van der Waals surface area contributed by atoms with Gasteiger partial charge in [-0.1, -0.05) is 30.3 Å². The molecule has 1 fully saturated rings. The SMILES string of the molecule is Nc1ncccc1S(=O)(=O)NC(c1ccccc1)C1CC1. The average Bonchev–Trinajstić information content (AvgIpc) is 3.31. The highest BCUT2D eigenvalue weighted by molar-refractivity contribution is 7.89. The van der Waals surface area contributed by atoms with E-state index in [4.69, 9.17) is 5.73 Å². The molecule has 0 amide bonds. The summed E-state index contributed by atoms with van der Waals surface area (Å²) in [5.41, 5.74) is 6.66. The van der Waals surface area contributed by atoms with Gasteiger partial charge in [0.2, 0.25) is 10.0 Å². The number of nitrogens with one attached hydrogen (secondary N) is 1. The molecule has 6 heteroatoms. The summed E-state index contributed by atoms with van der Waals surface area (Å²) >= 11 is 0. The van der Waals surface area contributed by atoms with Gasteiger partial charge >= 0.3 is 0 Å². The van der Waals surface area contributed by atoms with E-state index in [1.807, 2.05) is 30.3 Å². The zero-order valence-corrected chi connectivity index (χ0v) is 12.3. The molecule has 110 valence electrons. The Morgan fingerprint density at radius 2 is 1.86 bits per heavy atom. The Balaban J connectivity index is 1.91. The largest absolute Gasteiger partial charge is 0.383 e. The second kappa shape index (κ2) is 5.46. The molecule has 0 saturated heterocycles. The summed E-state index contributed by atoms with van der Waals surface area (Å²) in [7, 11) is -3.68. The molecule has 2 aromatic rings. The smallest absolute Gasteiger partial charge is 0.244 e. The van der Waals surface area contributed by atoms with Crippen molar-refractivity contribution in [2.24, 2.45) is 5.92 Å². The van der Waals surface area contributed by atoms with E-state index in [0.29, 0.717) is 5.92 Å². The van der Waals surface area contributed by atoms with Gasteiger partial charge in [-0.05, 0) is 36.5 Å². The topological polar surface area (TPSA) is 85.1 Å². The molecule has 1 aromatic heterocycles. The number of anilines is 1. The summed E-state index contributed by atoms with van der Waals surface area (Å²) in [6.07, 6.45) is 3.54. The van der Waals surface area contributed by atoms with Crippen LogP contribution in [0.5, 0.6) is 0 Å². The van der Waals surface area contributed by atoms with Gasteiger partial charge in [0.25, 0.3) is 0 Å². The van der Waals surface area contributed by atoms with Gasteiger partial charge < -0.3 is 5.73 Å². The number of hydrogen-bond donors (Lipinski definition) is 2. The highest BCUT2D eigenvalue weighted by atomic mass is 32.2. The number of rotatable bonds is 5. The fraction of sp³-hybridized carbons (Fsp3) is 0.267. The number of benzene rings is 1. The van der Waals surface area contributed by atoms with E-state index in [1.165, 1.54) is 12.3 Å².